The molecule has 0 aliphatic heterocycles. The Kier molecular flexibility index (Phi) is 6.84. The molecule has 0 bridgehead atoms. The Morgan fingerprint density at radius 2 is 1.77 bits per heavy atom. The molecule has 0 saturated carbocycles. The van der Waals surface area contributed by atoms with Gasteiger partial charge in [0.15, 0.2) is 5.13 Å². The van der Waals surface area contributed by atoms with E-state index in [1.54, 1.807) is 6.92 Å². The molecule has 0 fully saturated rings. The third-order valence-electron chi connectivity index (χ3n) is 4.38. The van der Waals surface area contributed by atoms with Crippen LogP contribution in [-0.4, -0.2) is 19.3 Å². The fraction of sp³-hybridized carbons (Fsp3) is 0.238. The number of nitrogens with zero attached hydrogens (tertiary/aromatic N) is 1. The molecule has 0 saturated heterocycles. The van der Waals surface area contributed by atoms with Gasteiger partial charge in [-0.15, -0.1) is 0 Å². The number of aromatic nitrogens is 1. The number of rotatable bonds is 8. The summed E-state index contributed by atoms with van der Waals surface area (Å²) in [5.74, 6) is -0.894. The molecule has 0 spiro atoms. The first-order chi connectivity index (χ1) is 14.3. The van der Waals surface area contributed by atoms with Crippen molar-refractivity contribution in [2.24, 2.45) is 0 Å². The summed E-state index contributed by atoms with van der Waals surface area (Å²) in [7, 11) is -3.93. The summed E-state index contributed by atoms with van der Waals surface area (Å²) >= 11 is 0.938. The van der Waals surface area contributed by atoms with E-state index in [1.807, 2.05) is 24.3 Å². The van der Waals surface area contributed by atoms with Crippen LogP contribution in [0.4, 0.5) is 15.2 Å². The summed E-state index contributed by atoms with van der Waals surface area (Å²) in [4.78, 5) is 17.0. The number of unbranched alkanes of at least 4 members (excludes halogenated alkanes) is 1. The molecule has 30 heavy (non-hydrogen) atoms. The minimum atomic E-state index is -3.93. The lowest BCUT2D eigenvalue weighted by Gasteiger charge is -2.06. The van der Waals surface area contributed by atoms with Crippen LogP contribution in [0.1, 0.15) is 40.7 Å². The van der Waals surface area contributed by atoms with Gasteiger partial charge in [0.2, 0.25) is 0 Å². The zero-order valence-corrected chi connectivity index (χ0v) is 18.2. The molecule has 0 unspecified atom stereocenters. The molecule has 2 aromatic carbocycles. The van der Waals surface area contributed by atoms with Gasteiger partial charge < -0.3 is 5.32 Å². The topological polar surface area (TPSA) is 88.2 Å². The van der Waals surface area contributed by atoms with Gasteiger partial charge in [0.25, 0.3) is 15.9 Å². The quantitative estimate of drug-likeness (QED) is 0.509. The highest BCUT2D eigenvalue weighted by Gasteiger charge is 2.20. The second-order valence-electron chi connectivity index (χ2n) is 6.75. The first-order valence-corrected chi connectivity index (χ1v) is 11.7. The number of hydrogen-bond acceptors (Lipinski definition) is 5. The molecule has 1 heterocycles. The Hall–Kier alpha value is -2.78. The zero-order valence-electron chi connectivity index (χ0n) is 16.6. The maximum absolute atomic E-state index is 13.0. The SMILES string of the molecule is CCCCc1ccc(NC(=O)c2sc(NS(=O)(=O)c3ccc(F)cc3)nc2C)cc1. The molecule has 2 N–H and O–H groups in total. The molecule has 158 valence electrons. The van der Waals surface area contributed by atoms with E-state index in [0.29, 0.717) is 16.3 Å². The van der Waals surface area contributed by atoms with E-state index < -0.39 is 15.8 Å². The number of nitrogens with one attached hydrogen (secondary N) is 2. The highest BCUT2D eigenvalue weighted by Crippen LogP contribution is 2.26. The predicted octanol–water partition coefficient (Wildman–Crippen LogP) is 4.99. The van der Waals surface area contributed by atoms with Crippen LogP contribution >= 0.6 is 11.3 Å². The molecular formula is C21H22FN3O3S2. The lowest BCUT2D eigenvalue weighted by Crippen LogP contribution is -2.12. The Labute approximate surface area is 179 Å². The fourth-order valence-electron chi connectivity index (χ4n) is 2.76. The molecule has 3 aromatic rings. The van der Waals surface area contributed by atoms with Gasteiger partial charge in [0.05, 0.1) is 10.6 Å². The second kappa shape index (κ2) is 9.36. The highest BCUT2D eigenvalue weighted by atomic mass is 32.2. The first kappa shape index (κ1) is 21.9. The number of hydrogen-bond donors (Lipinski definition) is 2. The van der Waals surface area contributed by atoms with Crippen molar-refractivity contribution < 1.29 is 17.6 Å². The van der Waals surface area contributed by atoms with Crippen LogP contribution in [0.2, 0.25) is 0 Å². The summed E-state index contributed by atoms with van der Waals surface area (Å²) in [5, 5.41) is 2.88. The van der Waals surface area contributed by atoms with Crippen LogP contribution in [0.15, 0.2) is 53.4 Å². The van der Waals surface area contributed by atoms with Crippen molar-refractivity contribution in [3.63, 3.8) is 0 Å². The van der Waals surface area contributed by atoms with Gasteiger partial charge in [0, 0.05) is 5.69 Å². The molecule has 3 rings (SSSR count). The standard InChI is InChI=1S/C21H22FN3O3S2/c1-3-4-5-15-6-10-17(11-7-15)24-20(26)19-14(2)23-21(29-19)25-30(27,28)18-12-8-16(22)9-13-18/h6-13H,3-5H2,1-2H3,(H,23,25)(H,24,26). The van der Waals surface area contributed by atoms with Crippen molar-refractivity contribution in [1.29, 1.82) is 0 Å². The number of carbonyl (C=O) groups is 1. The minimum absolute atomic E-state index is 0.0666. The summed E-state index contributed by atoms with van der Waals surface area (Å²) in [6, 6.07) is 12.1. The van der Waals surface area contributed by atoms with Crippen molar-refractivity contribution in [3.05, 3.63) is 70.5 Å². The molecule has 1 amide bonds. The molecule has 0 radical (unpaired) electrons. The maximum atomic E-state index is 13.0. The highest BCUT2D eigenvalue weighted by molar-refractivity contribution is 7.93. The molecule has 0 aliphatic carbocycles. The van der Waals surface area contributed by atoms with Crippen molar-refractivity contribution in [1.82, 2.24) is 4.98 Å². The summed E-state index contributed by atoms with van der Waals surface area (Å²) in [5.41, 5.74) is 2.27. The number of sulfonamides is 1. The molecule has 0 aliphatic rings. The number of halogens is 1. The van der Waals surface area contributed by atoms with Gasteiger partial charge >= 0.3 is 0 Å². The number of anilines is 2. The van der Waals surface area contributed by atoms with E-state index in [2.05, 4.69) is 21.9 Å². The van der Waals surface area contributed by atoms with E-state index in [1.165, 1.54) is 5.56 Å². The van der Waals surface area contributed by atoms with Crippen molar-refractivity contribution >= 4 is 38.1 Å². The van der Waals surface area contributed by atoms with Crippen molar-refractivity contribution in [3.8, 4) is 0 Å². The van der Waals surface area contributed by atoms with E-state index in [4.69, 9.17) is 0 Å². The molecular weight excluding hydrogens is 425 g/mol. The average molecular weight is 448 g/mol. The zero-order chi connectivity index (χ0) is 21.7. The molecule has 1 aromatic heterocycles. The lowest BCUT2D eigenvalue weighted by molar-refractivity contribution is 0.103. The summed E-state index contributed by atoms with van der Waals surface area (Å²) in [6.45, 7) is 3.77. The van der Waals surface area contributed by atoms with Crippen LogP contribution in [0, 0.1) is 12.7 Å². The third kappa shape index (κ3) is 5.43. The van der Waals surface area contributed by atoms with Crippen molar-refractivity contribution in [2.75, 3.05) is 10.0 Å². The number of benzene rings is 2. The van der Waals surface area contributed by atoms with E-state index in [0.717, 1.165) is 54.9 Å². The Morgan fingerprint density at radius 1 is 1.10 bits per heavy atom. The predicted molar refractivity (Wildman–Crippen MR) is 117 cm³/mol. The van der Waals surface area contributed by atoms with Gasteiger partial charge in [-0.05, 0) is 61.7 Å². The van der Waals surface area contributed by atoms with Gasteiger partial charge in [-0.2, -0.15) is 0 Å². The van der Waals surface area contributed by atoms with Gasteiger partial charge in [-0.3, -0.25) is 9.52 Å². The fourth-order valence-corrected chi connectivity index (χ4v) is 4.86. The van der Waals surface area contributed by atoms with Crippen LogP contribution < -0.4 is 10.0 Å². The van der Waals surface area contributed by atoms with Gasteiger partial charge in [0.1, 0.15) is 10.7 Å². The number of aryl methyl sites for hydroxylation is 2. The van der Waals surface area contributed by atoms with E-state index >= 15 is 0 Å². The molecule has 6 nitrogen and oxygen atoms in total. The van der Waals surface area contributed by atoms with Crippen LogP contribution in [0.25, 0.3) is 0 Å². The number of carbonyl (C=O) groups excluding carboxylic acids is 1. The monoisotopic (exact) mass is 447 g/mol. The number of amides is 1. The normalized spacial score (nSPS) is 11.3. The molecule has 9 heteroatoms. The Morgan fingerprint density at radius 3 is 2.40 bits per heavy atom. The van der Waals surface area contributed by atoms with Gasteiger partial charge in [-0.25, -0.2) is 17.8 Å². The maximum Gasteiger partial charge on any atom is 0.267 e. The summed E-state index contributed by atoms with van der Waals surface area (Å²) in [6.07, 6.45) is 3.23. The van der Waals surface area contributed by atoms with Gasteiger partial charge in [-0.1, -0.05) is 36.8 Å². The van der Waals surface area contributed by atoms with Crippen LogP contribution in [0.5, 0.6) is 0 Å². The summed E-state index contributed by atoms with van der Waals surface area (Å²) < 4.78 is 40.2. The second-order valence-corrected chi connectivity index (χ2v) is 9.43. The largest absolute Gasteiger partial charge is 0.321 e. The lowest BCUT2D eigenvalue weighted by atomic mass is 10.1. The average Bonchev–Trinajstić information content (AvgIpc) is 3.07. The van der Waals surface area contributed by atoms with E-state index in [9.17, 15) is 17.6 Å². The third-order valence-corrected chi connectivity index (χ3v) is 6.93. The first-order valence-electron chi connectivity index (χ1n) is 9.44. The smallest absolute Gasteiger partial charge is 0.267 e. The van der Waals surface area contributed by atoms with Crippen molar-refractivity contribution in [2.45, 2.75) is 38.0 Å². The number of thiazole rings is 1. The minimum Gasteiger partial charge on any atom is -0.321 e. The van der Waals surface area contributed by atoms with Crippen LogP contribution in [0.3, 0.4) is 0 Å². The molecule has 0 atom stereocenters. The van der Waals surface area contributed by atoms with E-state index in [-0.39, 0.29) is 15.9 Å². The van der Waals surface area contributed by atoms with Crippen LogP contribution in [-0.2, 0) is 16.4 Å². The Bertz CT molecular complexity index is 1130. The Balaban J connectivity index is 1.70.